The van der Waals surface area contributed by atoms with Crippen molar-refractivity contribution in [3.05, 3.63) is 0 Å². The molecule has 100 valence electrons. The Morgan fingerprint density at radius 2 is 1.82 bits per heavy atom. The van der Waals surface area contributed by atoms with E-state index < -0.39 is 12.0 Å². The maximum atomic E-state index is 11.3. The lowest BCUT2D eigenvalue weighted by atomic mass is 10.2. The molecule has 0 unspecified atom stereocenters. The van der Waals surface area contributed by atoms with Crippen LogP contribution in [0.5, 0.6) is 0 Å². The molecule has 0 aromatic heterocycles. The molecule has 0 aliphatic carbocycles. The van der Waals surface area contributed by atoms with E-state index in [9.17, 15) is 9.59 Å². The molecule has 4 N–H and O–H groups in total. The number of Topliss-reactive ketones (excluding diaryl/α,β-unsaturated/α-hetero) is 1. The maximum absolute atomic E-state index is 11.3. The van der Waals surface area contributed by atoms with Gasteiger partial charge in [-0.05, 0) is 6.92 Å². The first-order valence-electron chi connectivity index (χ1n) is 5.34. The summed E-state index contributed by atoms with van der Waals surface area (Å²) >= 11 is 0. The summed E-state index contributed by atoms with van der Waals surface area (Å²) in [5, 5.41) is 11.7. The van der Waals surface area contributed by atoms with Crippen LogP contribution >= 0.6 is 21.6 Å². The van der Waals surface area contributed by atoms with Crippen molar-refractivity contribution in [2.45, 2.75) is 38.9 Å². The Bertz CT molecular complexity index is 262. The molecule has 0 saturated carbocycles. The average molecular weight is 280 g/mol. The van der Waals surface area contributed by atoms with Crippen LogP contribution in [0, 0.1) is 0 Å². The predicted molar refractivity (Wildman–Crippen MR) is 73.3 cm³/mol. The van der Waals surface area contributed by atoms with Crippen LogP contribution in [-0.2, 0) is 9.59 Å². The fourth-order valence-electron chi connectivity index (χ4n) is 0.994. The largest absolute Gasteiger partial charge is 0.480 e. The summed E-state index contributed by atoms with van der Waals surface area (Å²) in [5.74, 6) is 0.0486. The molecule has 5 nitrogen and oxygen atoms in total. The molecular weight excluding hydrogens is 260 g/mol. The van der Waals surface area contributed by atoms with Gasteiger partial charge in [0.25, 0.3) is 0 Å². The number of nitrogens with one attached hydrogen (secondary N) is 1. The van der Waals surface area contributed by atoms with Crippen molar-refractivity contribution < 1.29 is 14.7 Å². The fraction of sp³-hybridized carbons (Fsp3) is 0.800. The Morgan fingerprint density at radius 1 is 1.29 bits per heavy atom. The second kappa shape index (κ2) is 8.79. The van der Waals surface area contributed by atoms with Gasteiger partial charge in [-0.25, -0.2) is 0 Å². The zero-order valence-electron chi connectivity index (χ0n) is 10.3. The lowest BCUT2D eigenvalue weighted by Gasteiger charge is -2.18. The lowest BCUT2D eigenvalue weighted by molar-refractivity contribution is -0.137. The highest BCUT2D eigenvalue weighted by Crippen LogP contribution is 2.22. The van der Waals surface area contributed by atoms with Gasteiger partial charge in [0.1, 0.15) is 11.8 Å². The van der Waals surface area contributed by atoms with Gasteiger partial charge in [-0.15, -0.1) is 0 Å². The predicted octanol–water partition coefficient (Wildman–Crippen LogP) is 0.735. The van der Waals surface area contributed by atoms with Crippen LogP contribution < -0.4 is 11.1 Å². The van der Waals surface area contributed by atoms with Gasteiger partial charge in [-0.3, -0.25) is 9.59 Å². The summed E-state index contributed by atoms with van der Waals surface area (Å²) in [6.07, 6.45) is 0. The summed E-state index contributed by atoms with van der Waals surface area (Å²) in [6, 6.07) is -0.786. The Hall–Kier alpha value is -0.240. The number of ketones is 1. The van der Waals surface area contributed by atoms with Gasteiger partial charge in [0.2, 0.25) is 0 Å². The van der Waals surface area contributed by atoms with Crippen molar-refractivity contribution >= 4 is 33.3 Å². The highest BCUT2D eigenvalue weighted by molar-refractivity contribution is 8.76. The lowest BCUT2D eigenvalue weighted by Crippen LogP contribution is -2.41. The standard InChI is InChI=1S/C10H20N2O3S2/c1-6(2)12-9(7(3)13)5-17-16-4-8(11)10(14)15/h6,8-9,12H,4-5,11H2,1-3H3,(H,14,15)/t8-,9-/m0/s1. The van der Waals surface area contributed by atoms with Gasteiger partial charge in [0.15, 0.2) is 0 Å². The Labute approximate surface area is 110 Å². The van der Waals surface area contributed by atoms with Crippen molar-refractivity contribution in [3.63, 3.8) is 0 Å². The summed E-state index contributed by atoms with van der Waals surface area (Å²) in [7, 11) is 2.85. The molecule has 0 bridgehead atoms. The van der Waals surface area contributed by atoms with Crippen LogP contribution in [0.4, 0.5) is 0 Å². The molecular formula is C10H20N2O3S2. The van der Waals surface area contributed by atoms with Crippen LogP contribution in [0.1, 0.15) is 20.8 Å². The average Bonchev–Trinajstić information content (AvgIpc) is 2.21. The van der Waals surface area contributed by atoms with Gasteiger partial charge in [0, 0.05) is 17.5 Å². The van der Waals surface area contributed by atoms with E-state index in [0.717, 1.165) is 0 Å². The third-order valence-corrected chi connectivity index (χ3v) is 4.36. The highest BCUT2D eigenvalue weighted by atomic mass is 33.1. The topological polar surface area (TPSA) is 92.4 Å². The third-order valence-electron chi connectivity index (χ3n) is 1.91. The van der Waals surface area contributed by atoms with E-state index in [1.54, 1.807) is 6.92 Å². The van der Waals surface area contributed by atoms with E-state index in [1.807, 2.05) is 13.8 Å². The number of hydrogen-bond donors (Lipinski definition) is 3. The number of nitrogens with two attached hydrogens (primary N) is 1. The summed E-state index contributed by atoms with van der Waals surface area (Å²) < 4.78 is 0. The zero-order valence-corrected chi connectivity index (χ0v) is 11.9. The molecule has 0 aliphatic heterocycles. The number of rotatable bonds is 9. The van der Waals surface area contributed by atoms with Crippen LogP contribution in [-0.4, -0.2) is 46.5 Å². The van der Waals surface area contributed by atoms with Crippen molar-refractivity contribution in [2.24, 2.45) is 5.73 Å². The van der Waals surface area contributed by atoms with Crippen molar-refractivity contribution in [2.75, 3.05) is 11.5 Å². The third kappa shape index (κ3) is 8.48. The minimum absolute atomic E-state index is 0.0920. The van der Waals surface area contributed by atoms with Crippen LogP contribution in [0.15, 0.2) is 0 Å². The SMILES string of the molecule is CC(=O)[C@H](CSSC[C@H](N)C(=O)O)NC(C)C. The first-order chi connectivity index (χ1) is 7.84. The minimum Gasteiger partial charge on any atom is -0.480 e. The summed E-state index contributed by atoms with van der Waals surface area (Å²) in [5.41, 5.74) is 5.36. The van der Waals surface area contributed by atoms with Gasteiger partial charge in [-0.2, -0.15) is 0 Å². The molecule has 17 heavy (non-hydrogen) atoms. The summed E-state index contributed by atoms with van der Waals surface area (Å²) in [4.78, 5) is 21.8. The van der Waals surface area contributed by atoms with Crippen LogP contribution in [0.3, 0.4) is 0 Å². The van der Waals surface area contributed by atoms with Crippen molar-refractivity contribution in [1.29, 1.82) is 0 Å². The van der Waals surface area contributed by atoms with E-state index in [1.165, 1.54) is 21.6 Å². The van der Waals surface area contributed by atoms with Gasteiger partial charge in [0.05, 0.1) is 6.04 Å². The fourth-order valence-corrected chi connectivity index (χ4v) is 3.37. The number of carbonyl (C=O) groups is 2. The van der Waals surface area contributed by atoms with Crippen molar-refractivity contribution in [1.82, 2.24) is 5.32 Å². The van der Waals surface area contributed by atoms with E-state index in [0.29, 0.717) is 11.5 Å². The van der Waals surface area contributed by atoms with E-state index in [4.69, 9.17) is 10.8 Å². The maximum Gasteiger partial charge on any atom is 0.321 e. The van der Waals surface area contributed by atoms with E-state index in [2.05, 4.69) is 5.32 Å². The number of aliphatic carboxylic acids is 1. The number of carboxylic acid groups (broad SMARTS) is 1. The second-order valence-electron chi connectivity index (χ2n) is 4.00. The second-order valence-corrected chi connectivity index (χ2v) is 6.55. The number of hydrogen-bond acceptors (Lipinski definition) is 6. The smallest absolute Gasteiger partial charge is 0.321 e. The molecule has 2 atom stereocenters. The molecule has 0 radical (unpaired) electrons. The van der Waals surface area contributed by atoms with Gasteiger partial charge >= 0.3 is 5.97 Å². The first-order valence-corrected chi connectivity index (χ1v) is 7.82. The normalized spacial score (nSPS) is 14.6. The molecule has 0 spiro atoms. The first kappa shape index (κ1) is 16.8. The molecule has 0 rings (SSSR count). The Morgan fingerprint density at radius 3 is 2.24 bits per heavy atom. The number of carboxylic acids is 1. The monoisotopic (exact) mass is 280 g/mol. The van der Waals surface area contributed by atoms with Crippen LogP contribution in [0.25, 0.3) is 0 Å². The molecule has 0 amide bonds. The molecule has 0 fully saturated rings. The molecule has 0 aromatic rings. The van der Waals surface area contributed by atoms with Gasteiger partial charge < -0.3 is 16.2 Å². The minimum atomic E-state index is -0.999. The highest BCUT2D eigenvalue weighted by Gasteiger charge is 2.16. The van der Waals surface area contributed by atoms with Gasteiger partial charge in [-0.1, -0.05) is 35.4 Å². The molecule has 0 saturated heterocycles. The Balaban J connectivity index is 3.83. The van der Waals surface area contributed by atoms with E-state index in [-0.39, 0.29) is 17.9 Å². The quantitative estimate of drug-likeness (QED) is 0.423. The van der Waals surface area contributed by atoms with E-state index >= 15 is 0 Å². The number of carbonyl (C=O) groups excluding carboxylic acids is 1. The molecule has 0 aromatic carbocycles. The van der Waals surface area contributed by atoms with Crippen LogP contribution in [0.2, 0.25) is 0 Å². The zero-order chi connectivity index (χ0) is 13.4. The molecule has 0 aliphatic rings. The molecule has 7 heteroatoms. The van der Waals surface area contributed by atoms with Crippen molar-refractivity contribution in [3.8, 4) is 0 Å². The summed E-state index contributed by atoms with van der Waals surface area (Å²) in [6.45, 7) is 5.51. The molecule has 0 heterocycles. The Kier molecular flexibility index (Phi) is 8.67.